The summed E-state index contributed by atoms with van der Waals surface area (Å²) >= 11 is 0. The first-order valence-electron chi connectivity index (χ1n) is 7.98. The molecule has 0 spiro atoms. The normalized spacial score (nSPS) is 12.4. The van der Waals surface area contributed by atoms with Crippen molar-refractivity contribution in [3.63, 3.8) is 0 Å². The Kier molecular flexibility index (Phi) is 6.34. The summed E-state index contributed by atoms with van der Waals surface area (Å²) in [5, 5.41) is 6.72. The molecule has 0 saturated carbocycles. The number of aryl methyl sites for hydroxylation is 1. The molecule has 118 valence electrons. The van der Waals surface area contributed by atoms with Gasteiger partial charge in [0.1, 0.15) is 0 Å². The first-order chi connectivity index (χ1) is 10.6. The van der Waals surface area contributed by atoms with E-state index in [-0.39, 0.29) is 0 Å². The SMILES string of the molecule is CC(C)Nc1ncc(CNC(C)CCc2ccccc2)cn1. The molecule has 1 unspecified atom stereocenters. The van der Waals surface area contributed by atoms with Crippen molar-refractivity contribution in [1.29, 1.82) is 0 Å². The largest absolute Gasteiger partial charge is 0.352 e. The topological polar surface area (TPSA) is 49.8 Å². The first kappa shape index (κ1) is 16.4. The van der Waals surface area contributed by atoms with Gasteiger partial charge in [0.15, 0.2) is 0 Å². The van der Waals surface area contributed by atoms with E-state index < -0.39 is 0 Å². The molecular weight excluding hydrogens is 272 g/mol. The molecule has 22 heavy (non-hydrogen) atoms. The Hall–Kier alpha value is -1.94. The van der Waals surface area contributed by atoms with Crippen LogP contribution in [0.5, 0.6) is 0 Å². The number of nitrogens with zero attached hydrogens (tertiary/aromatic N) is 2. The van der Waals surface area contributed by atoms with Gasteiger partial charge < -0.3 is 10.6 Å². The van der Waals surface area contributed by atoms with E-state index in [0.29, 0.717) is 18.0 Å². The second-order valence-electron chi connectivity index (χ2n) is 6.02. The Bertz CT molecular complexity index is 537. The van der Waals surface area contributed by atoms with Crippen LogP contribution in [0.3, 0.4) is 0 Å². The third-order valence-electron chi connectivity index (χ3n) is 3.49. The molecule has 0 bridgehead atoms. The fraction of sp³-hybridized carbons (Fsp3) is 0.444. The number of nitrogens with one attached hydrogen (secondary N) is 2. The lowest BCUT2D eigenvalue weighted by molar-refractivity contribution is 0.513. The summed E-state index contributed by atoms with van der Waals surface area (Å²) in [6.45, 7) is 7.18. The van der Waals surface area contributed by atoms with Crippen molar-refractivity contribution in [2.45, 2.75) is 52.2 Å². The zero-order valence-corrected chi connectivity index (χ0v) is 13.7. The summed E-state index contributed by atoms with van der Waals surface area (Å²) in [4.78, 5) is 8.66. The van der Waals surface area contributed by atoms with E-state index in [0.717, 1.165) is 24.9 Å². The van der Waals surface area contributed by atoms with Crippen LogP contribution < -0.4 is 10.6 Å². The van der Waals surface area contributed by atoms with Crippen molar-refractivity contribution < 1.29 is 0 Å². The van der Waals surface area contributed by atoms with E-state index >= 15 is 0 Å². The van der Waals surface area contributed by atoms with E-state index in [1.54, 1.807) is 0 Å². The van der Waals surface area contributed by atoms with Gasteiger partial charge in [0.05, 0.1) is 0 Å². The van der Waals surface area contributed by atoms with Gasteiger partial charge in [-0.05, 0) is 39.2 Å². The van der Waals surface area contributed by atoms with Crippen LogP contribution in [0.2, 0.25) is 0 Å². The van der Waals surface area contributed by atoms with Crippen molar-refractivity contribution in [2.24, 2.45) is 0 Å². The highest BCUT2D eigenvalue weighted by molar-refractivity contribution is 5.25. The molecule has 4 heteroatoms. The maximum atomic E-state index is 4.33. The van der Waals surface area contributed by atoms with Crippen molar-refractivity contribution in [3.8, 4) is 0 Å². The summed E-state index contributed by atoms with van der Waals surface area (Å²) < 4.78 is 0. The van der Waals surface area contributed by atoms with Gasteiger partial charge in [-0.25, -0.2) is 9.97 Å². The molecular formula is C18H26N4. The number of anilines is 1. The van der Waals surface area contributed by atoms with Gasteiger partial charge in [-0.15, -0.1) is 0 Å². The fourth-order valence-electron chi connectivity index (χ4n) is 2.20. The standard InChI is InChI=1S/C18H26N4/c1-14(2)22-18-20-12-17(13-21-18)11-19-15(3)9-10-16-7-5-4-6-8-16/h4-8,12-15,19H,9-11H2,1-3H3,(H,20,21,22). The molecule has 0 fully saturated rings. The van der Waals surface area contributed by atoms with Gasteiger partial charge in [-0.2, -0.15) is 0 Å². The molecule has 2 aromatic rings. The molecule has 0 aliphatic rings. The Balaban J connectivity index is 1.72. The first-order valence-corrected chi connectivity index (χ1v) is 7.98. The van der Waals surface area contributed by atoms with Crippen LogP contribution in [-0.2, 0) is 13.0 Å². The monoisotopic (exact) mass is 298 g/mol. The lowest BCUT2D eigenvalue weighted by atomic mass is 10.1. The van der Waals surface area contributed by atoms with Crippen LogP contribution in [0, 0.1) is 0 Å². The summed E-state index contributed by atoms with van der Waals surface area (Å²) in [7, 11) is 0. The molecule has 0 aliphatic carbocycles. The van der Waals surface area contributed by atoms with E-state index in [1.807, 2.05) is 12.4 Å². The lowest BCUT2D eigenvalue weighted by Gasteiger charge is -2.14. The molecule has 0 aliphatic heterocycles. The highest BCUT2D eigenvalue weighted by atomic mass is 15.1. The smallest absolute Gasteiger partial charge is 0.222 e. The van der Waals surface area contributed by atoms with Crippen LogP contribution in [-0.4, -0.2) is 22.1 Å². The number of hydrogen-bond acceptors (Lipinski definition) is 4. The molecule has 2 rings (SSSR count). The third-order valence-corrected chi connectivity index (χ3v) is 3.49. The van der Waals surface area contributed by atoms with Gasteiger partial charge in [0, 0.05) is 36.6 Å². The summed E-state index contributed by atoms with van der Waals surface area (Å²) in [5.41, 5.74) is 2.50. The van der Waals surface area contributed by atoms with Gasteiger partial charge in [-0.3, -0.25) is 0 Å². The number of aromatic nitrogens is 2. The zero-order valence-electron chi connectivity index (χ0n) is 13.7. The van der Waals surface area contributed by atoms with Crippen LogP contribution in [0.1, 0.15) is 38.3 Å². The second kappa shape index (κ2) is 8.49. The van der Waals surface area contributed by atoms with E-state index in [9.17, 15) is 0 Å². The fourth-order valence-corrected chi connectivity index (χ4v) is 2.20. The molecule has 2 N–H and O–H groups in total. The van der Waals surface area contributed by atoms with Gasteiger partial charge >= 0.3 is 0 Å². The summed E-state index contributed by atoms with van der Waals surface area (Å²) in [6.07, 6.45) is 5.99. The minimum absolute atomic E-state index is 0.349. The quantitative estimate of drug-likeness (QED) is 0.784. The minimum atomic E-state index is 0.349. The molecule has 0 saturated heterocycles. The van der Waals surface area contributed by atoms with Gasteiger partial charge in [0.2, 0.25) is 5.95 Å². The summed E-state index contributed by atoms with van der Waals surface area (Å²) in [5.74, 6) is 0.691. The molecule has 0 amide bonds. The van der Waals surface area contributed by atoms with E-state index in [1.165, 1.54) is 5.56 Å². The Morgan fingerprint density at radius 2 is 1.64 bits per heavy atom. The predicted molar refractivity (Wildman–Crippen MR) is 91.9 cm³/mol. The Labute approximate surface area is 133 Å². The number of benzene rings is 1. The molecule has 1 heterocycles. The molecule has 4 nitrogen and oxygen atoms in total. The van der Waals surface area contributed by atoms with Gasteiger partial charge in [-0.1, -0.05) is 30.3 Å². The van der Waals surface area contributed by atoms with Gasteiger partial charge in [0.25, 0.3) is 0 Å². The molecule has 0 radical (unpaired) electrons. The van der Waals surface area contributed by atoms with Crippen molar-refractivity contribution >= 4 is 5.95 Å². The number of hydrogen-bond donors (Lipinski definition) is 2. The molecule has 1 atom stereocenters. The van der Waals surface area contributed by atoms with E-state index in [2.05, 4.69) is 71.7 Å². The average molecular weight is 298 g/mol. The lowest BCUT2D eigenvalue weighted by Crippen LogP contribution is -2.26. The van der Waals surface area contributed by atoms with Crippen molar-refractivity contribution in [1.82, 2.24) is 15.3 Å². The summed E-state index contributed by atoms with van der Waals surface area (Å²) in [6, 6.07) is 11.4. The highest BCUT2D eigenvalue weighted by Crippen LogP contribution is 2.06. The highest BCUT2D eigenvalue weighted by Gasteiger charge is 2.04. The predicted octanol–water partition coefficient (Wildman–Crippen LogP) is 3.41. The van der Waals surface area contributed by atoms with Crippen molar-refractivity contribution in [2.75, 3.05) is 5.32 Å². The second-order valence-corrected chi connectivity index (χ2v) is 6.02. The van der Waals surface area contributed by atoms with E-state index in [4.69, 9.17) is 0 Å². The number of rotatable bonds is 8. The van der Waals surface area contributed by atoms with Crippen molar-refractivity contribution in [3.05, 3.63) is 53.9 Å². The minimum Gasteiger partial charge on any atom is -0.352 e. The molecule has 1 aromatic heterocycles. The third kappa shape index (κ3) is 5.82. The van der Waals surface area contributed by atoms with Crippen LogP contribution in [0.25, 0.3) is 0 Å². The van der Waals surface area contributed by atoms with Crippen LogP contribution >= 0.6 is 0 Å². The average Bonchev–Trinajstić information content (AvgIpc) is 2.53. The molecule has 1 aromatic carbocycles. The van der Waals surface area contributed by atoms with Crippen LogP contribution in [0.4, 0.5) is 5.95 Å². The Morgan fingerprint density at radius 1 is 0.955 bits per heavy atom. The Morgan fingerprint density at radius 3 is 2.27 bits per heavy atom. The maximum Gasteiger partial charge on any atom is 0.222 e. The zero-order chi connectivity index (χ0) is 15.8. The maximum absolute atomic E-state index is 4.33. The van der Waals surface area contributed by atoms with Crippen LogP contribution in [0.15, 0.2) is 42.7 Å².